The van der Waals surface area contributed by atoms with Crippen LogP contribution in [0.5, 0.6) is 5.75 Å². The number of halogens is 1. The number of nitrogens with one attached hydrogen (secondary N) is 1. The first-order valence-corrected chi connectivity index (χ1v) is 8.27. The summed E-state index contributed by atoms with van der Waals surface area (Å²) in [5.41, 5.74) is 1.56. The highest BCUT2D eigenvalue weighted by molar-refractivity contribution is 6.01. The molecule has 0 fully saturated rings. The fourth-order valence-corrected chi connectivity index (χ4v) is 2.76. The molecule has 3 aromatic rings. The van der Waals surface area contributed by atoms with Gasteiger partial charge in [-0.25, -0.2) is 4.39 Å². The van der Waals surface area contributed by atoms with E-state index in [-0.39, 0.29) is 12.3 Å². The summed E-state index contributed by atoms with van der Waals surface area (Å²) in [6, 6.07) is 10.8. The lowest BCUT2D eigenvalue weighted by Crippen LogP contribution is -2.35. The molecule has 0 unspecified atom stereocenters. The van der Waals surface area contributed by atoms with Gasteiger partial charge in [-0.3, -0.25) is 9.59 Å². The molecule has 7 heteroatoms. The van der Waals surface area contributed by atoms with Crippen molar-refractivity contribution in [2.45, 2.75) is 6.92 Å². The summed E-state index contributed by atoms with van der Waals surface area (Å²) in [6.45, 7) is 1.58. The van der Waals surface area contributed by atoms with Crippen LogP contribution in [0.15, 0.2) is 46.9 Å². The molecule has 0 saturated heterocycles. The van der Waals surface area contributed by atoms with E-state index in [9.17, 15) is 14.0 Å². The molecule has 27 heavy (non-hydrogen) atoms. The van der Waals surface area contributed by atoms with E-state index in [0.717, 1.165) is 5.39 Å². The largest absolute Gasteiger partial charge is 0.497 e. The van der Waals surface area contributed by atoms with Crippen molar-refractivity contribution in [3.8, 4) is 5.75 Å². The molecule has 0 aliphatic heterocycles. The smallest absolute Gasteiger partial charge is 0.290 e. The van der Waals surface area contributed by atoms with Crippen molar-refractivity contribution in [2.24, 2.45) is 0 Å². The maximum absolute atomic E-state index is 13.2. The summed E-state index contributed by atoms with van der Waals surface area (Å²) in [4.78, 5) is 26.1. The van der Waals surface area contributed by atoms with Crippen LogP contribution in [0.2, 0.25) is 0 Å². The molecule has 0 atom stereocenters. The molecule has 2 aromatic carbocycles. The van der Waals surface area contributed by atoms with Gasteiger partial charge in [0.05, 0.1) is 13.7 Å². The molecule has 0 radical (unpaired) electrons. The first-order valence-electron chi connectivity index (χ1n) is 8.27. The maximum atomic E-state index is 13.2. The van der Waals surface area contributed by atoms with Crippen LogP contribution in [-0.2, 0) is 4.79 Å². The van der Waals surface area contributed by atoms with Gasteiger partial charge in [-0.1, -0.05) is 6.07 Å². The van der Waals surface area contributed by atoms with Crippen molar-refractivity contribution in [2.75, 3.05) is 26.0 Å². The summed E-state index contributed by atoms with van der Waals surface area (Å²) < 4.78 is 24.1. The van der Waals surface area contributed by atoms with Crippen LogP contribution in [0.4, 0.5) is 10.1 Å². The number of hydrogen-bond donors (Lipinski definition) is 1. The van der Waals surface area contributed by atoms with Gasteiger partial charge >= 0.3 is 0 Å². The third-order valence-electron chi connectivity index (χ3n) is 4.17. The lowest BCUT2D eigenvalue weighted by atomic mass is 10.1. The van der Waals surface area contributed by atoms with Gasteiger partial charge in [-0.2, -0.15) is 0 Å². The molecule has 0 aliphatic rings. The van der Waals surface area contributed by atoms with Crippen LogP contribution in [0, 0.1) is 12.7 Å². The van der Waals surface area contributed by atoms with Crippen LogP contribution in [-0.4, -0.2) is 37.4 Å². The van der Waals surface area contributed by atoms with Crippen molar-refractivity contribution >= 4 is 28.5 Å². The highest BCUT2D eigenvalue weighted by Gasteiger charge is 2.22. The zero-order valence-corrected chi connectivity index (χ0v) is 15.2. The van der Waals surface area contributed by atoms with Gasteiger partial charge in [0.25, 0.3) is 5.91 Å². The Morgan fingerprint density at radius 2 is 2.00 bits per heavy atom. The van der Waals surface area contributed by atoms with E-state index in [4.69, 9.17) is 9.15 Å². The van der Waals surface area contributed by atoms with Crippen LogP contribution in [0.1, 0.15) is 16.1 Å². The average Bonchev–Trinajstić information content (AvgIpc) is 2.97. The second kappa shape index (κ2) is 7.49. The van der Waals surface area contributed by atoms with E-state index < -0.39 is 17.6 Å². The molecule has 1 aromatic heterocycles. The molecule has 0 aliphatic carbocycles. The quantitative estimate of drug-likeness (QED) is 0.745. The van der Waals surface area contributed by atoms with Gasteiger partial charge in [0, 0.05) is 23.7 Å². The molecule has 0 spiro atoms. The minimum absolute atomic E-state index is 0.166. The molecular weight excluding hydrogens is 351 g/mol. The standard InChI is InChI=1S/C20H19FN2O4/c1-12-16-10-15(26-3)7-8-17(16)27-19(12)20(25)23(2)11-18(24)22-14-6-4-5-13(21)9-14/h4-10H,11H2,1-3H3,(H,22,24). The zero-order chi connectivity index (χ0) is 19.6. The Kier molecular flexibility index (Phi) is 5.12. The van der Waals surface area contributed by atoms with Crippen LogP contribution in [0.25, 0.3) is 11.0 Å². The Bertz CT molecular complexity index is 1010. The monoisotopic (exact) mass is 370 g/mol. The Morgan fingerprint density at radius 3 is 2.70 bits per heavy atom. The highest BCUT2D eigenvalue weighted by atomic mass is 19.1. The van der Waals surface area contributed by atoms with Crippen LogP contribution < -0.4 is 10.1 Å². The molecule has 3 rings (SSSR count). The predicted molar refractivity (Wildman–Crippen MR) is 99.5 cm³/mol. The number of rotatable bonds is 5. The van der Waals surface area contributed by atoms with Crippen LogP contribution in [0.3, 0.4) is 0 Å². The number of carbonyl (C=O) groups excluding carboxylic acids is 2. The summed E-state index contributed by atoms with van der Waals surface area (Å²) in [5.74, 6) is -0.484. The summed E-state index contributed by atoms with van der Waals surface area (Å²) in [7, 11) is 3.06. The number of aryl methyl sites for hydroxylation is 1. The van der Waals surface area contributed by atoms with Gasteiger partial charge in [0.1, 0.15) is 17.1 Å². The predicted octanol–water partition coefficient (Wildman–Crippen LogP) is 3.60. The Balaban J connectivity index is 1.74. The molecule has 6 nitrogen and oxygen atoms in total. The molecule has 2 amide bonds. The highest BCUT2D eigenvalue weighted by Crippen LogP contribution is 2.29. The number of methoxy groups -OCH3 is 1. The number of fused-ring (bicyclic) bond motifs is 1. The third kappa shape index (κ3) is 3.92. The van der Waals surface area contributed by atoms with Crippen molar-refractivity contribution in [3.05, 3.63) is 59.6 Å². The molecule has 140 valence electrons. The molecular formula is C20H19FN2O4. The Morgan fingerprint density at radius 1 is 1.22 bits per heavy atom. The van der Waals surface area contributed by atoms with Gasteiger partial charge in [-0.15, -0.1) is 0 Å². The van der Waals surface area contributed by atoms with E-state index in [1.807, 2.05) is 0 Å². The summed E-state index contributed by atoms with van der Waals surface area (Å²) in [5, 5.41) is 3.33. The lowest BCUT2D eigenvalue weighted by molar-refractivity contribution is -0.116. The van der Waals surface area contributed by atoms with Gasteiger partial charge < -0.3 is 19.4 Å². The number of anilines is 1. The van der Waals surface area contributed by atoms with E-state index in [2.05, 4.69) is 5.32 Å². The normalized spacial score (nSPS) is 10.7. The SMILES string of the molecule is COc1ccc2oc(C(=O)N(C)CC(=O)Nc3cccc(F)c3)c(C)c2c1. The number of ether oxygens (including phenoxy) is 1. The number of nitrogens with zero attached hydrogens (tertiary/aromatic N) is 1. The fraction of sp³-hybridized carbons (Fsp3) is 0.200. The maximum Gasteiger partial charge on any atom is 0.290 e. The second-order valence-electron chi connectivity index (χ2n) is 6.14. The van der Waals surface area contributed by atoms with Crippen molar-refractivity contribution in [1.29, 1.82) is 0 Å². The number of benzene rings is 2. The lowest BCUT2D eigenvalue weighted by Gasteiger charge is -2.16. The van der Waals surface area contributed by atoms with Gasteiger partial charge in [-0.05, 0) is 43.3 Å². The molecule has 0 bridgehead atoms. The van der Waals surface area contributed by atoms with E-state index in [1.54, 1.807) is 38.3 Å². The first-order chi connectivity index (χ1) is 12.9. The van der Waals surface area contributed by atoms with E-state index in [1.165, 1.54) is 30.1 Å². The second-order valence-corrected chi connectivity index (χ2v) is 6.14. The van der Waals surface area contributed by atoms with Gasteiger partial charge in [0.15, 0.2) is 5.76 Å². The number of amides is 2. The molecule has 0 saturated carbocycles. The van der Waals surface area contributed by atoms with E-state index in [0.29, 0.717) is 22.6 Å². The first kappa shape index (κ1) is 18.4. The number of likely N-dealkylation sites (N-methyl/N-ethyl adjacent to an activating group) is 1. The number of carbonyl (C=O) groups is 2. The average molecular weight is 370 g/mol. The minimum Gasteiger partial charge on any atom is -0.497 e. The number of furan rings is 1. The van der Waals surface area contributed by atoms with Crippen molar-refractivity contribution in [1.82, 2.24) is 4.90 Å². The zero-order valence-electron chi connectivity index (χ0n) is 15.2. The molecule has 1 heterocycles. The van der Waals surface area contributed by atoms with Gasteiger partial charge in [0.2, 0.25) is 5.91 Å². The summed E-state index contributed by atoms with van der Waals surface area (Å²) in [6.07, 6.45) is 0. The van der Waals surface area contributed by atoms with Crippen molar-refractivity contribution in [3.63, 3.8) is 0 Å². The van der Waals surface area contributed by atoms with Crippen LogP contribution >= 0.6 is 0 Å². The van der Waals surface area contributed by atoms with Crippen molar-refractivity contribution < 1.29 is 23.1 Å². The Labute approximate surface area is 155 Å². The Hall–Kier alpha value is -3.35. The number of hydrogen-bond acceptors (Lipinski definition) is 4. The third-order valence-corrected chi connectivity index (χ3v) is 4.17. The minimum atomic E-state index is -0.453. The fourth-order valence-electron chi connectivity index (χ4n) is 2.76. The summed E-state index contributed by atoms with van der Waals surface area (Å²) >= 11 is 0. The topological polar surface area (TPSA) is 71.8 Å². The molecule has 1 N–H and O–H groups in total. The van der Waals surface area contributed by atoms with E-state index >= 15 is 0 Å².